The Balaban J connectivity index is 1.90. The molecule has 1 amide bonds. The molecule has 3 N–H and O–H groups in total. The summed E-state index contributed by atoms with van der Waals surface area (Å²) in [4.78, 5) is 11.9. The maximum absolute atomic E-state index is 11.9. The Morgan fingerprint density at radius 3 is 2.94 bits per heavy atom. The van der Waals surface area contributed by atoms with Gasteiger partial charge in [0.2, 0.25) is 6.10 Å². The minimum Gasteiger partial charge on any atom is -0.485 e. The van der Waals surface area contributed by atoms with Gasteiger partial charge < -0.3 is 20.5 Å². The van der Waals surface area contributed by atoms with Crippen LogP contribution >= 0.6 is 0 Å². The van der Waals surface area contributed by atoms with Gasteiger partial charge in [-0.15, -0.1) is 0 Å². The zero-order valence-corrected chi connectivity index (χ0v) is 10.4. The first-order valence-corrected chi connectivity index (χ1v) is 6.07. The van der Waals surface area contributed by atoms with Gasteiger partial charge in [0.25, 0.3) is 5.91 Å². The Labute approximate surface area is 106 Å². The van der Waals surface area contributed by atoms with Crippen LogP contribution in [0.3, 0.4) is 0 Å². The van der Waals surface area contributed by atoms with E-state index in [9.17, 15) is 4.79 Å². The van der Waals surface area contributed by atoms with Gasteiger partial charge in [0.05, 0.1) is 0 Å². The lowest BCUT2D eigenvalue weighted by Crippen LogP contribution is -2.45. The van der Waals surface area contributed by atoms with Crippen LogP contribution in [0, 0.1) is 5.92 Å². The van der Waals surface area contributed by atoms with E-state index in [0.29, 0.717) is 24.6 Å². The number of carbonyl (C=O) groups is 1. The van der Waals surface area contributed by atoms with Gasteiger partial charge in [0, 0.05) is 6.54 Å². The second kappa shape index (κ2) is 5.73. The van der Waals surface area contributed by atoms with Gasteiger partial charge in [0.15, 0.2) is 11.5 Å². The molecule has 0 aliphatic carbocycles. The van der Waals surface area contributed by atoms with E-state index >= 15 is 0 Å². The average Bonchev–Trinajstić information content (AvgIpc) is 2.43. The van der Waals surface area contributed by atoms with Crippen molar-refractivity contribution in [2.75, 3.05) is 19.7 Å². The third-order valence-corrected chi connectivity index (χ3v) is 2.83. The predicted octanol–water partition coefficient (Wildman–Crippen LogP) is 0.537. The molecule has 18 heavy (non-hydrogen) atoms. The van der Waals surface area contributed by atoms with Crippen molar-refractivity contribution in [3.63, 3.8) is 0 Å². The van der Waals surface area contributed by atoms with E-state index in [-0.39, 0.29) is 18.4 Å². The first kappa shape index (κ1) is 12.7. The Hall–Kier alpha value is -1.75. The maximum atomic E-state index is 11.9. The highest BCUT2D eigenvalue weighted by Gasteiger charge is 2.27. The van der Waals surface area contributed by atoms with Crippen LogP contribution in [0.15, 0.2) is 24.3 Å². The van der Waals surface area contributed by atoms with E-state index < -0.39 is 6.10 Å². The third kappa shape index (κ3) is 2.92. The summed E-state index contributed by atoms with van der Waals surface area (Å²) in [6.45, 7) is 3.32. The quantitative estimate of drug-likeness (QED) is 0.818. The molecule has 0 bridgehead atoms. The molecule has 5 nitrogen and oxygen atoms in total. The smallest absolute Gasteiger partial charge is 0.264 e. The highest BCUT2D eigenvalue weighted by atomic mass is 16.6. The molecule has 0 radical (unpaired) electrons. The van der Waals surface area contributed by atoms with Gasteiger partial charge in [-0.1, -0.05) is 19.1 Å². The van der Waals surface area contributed by atoms with Crippen molar-refractivity contribution in [2.24, 2.45) is 11.7 Å². The average molecular weight is 250 g/mol. The van der Waals surface area contributed by atoms with Crippen LogP contribution in [0.4, 0.5) is 0 Å². The lowest BCUT2D eigenvalue weighted by molar-refractivity contribution is -0.130. The maximum Gasteiger partial charge on any atom is 0.264 e. The summed E-state index contributed by atoms with van der Waals surface area (Å²) in [7, 11) is 0. The minimum atomic E-state index is -0.593. The zero-order valence-electron chi connectivity index (χ0n) is 10.4. The fourth-order valence-corrected chi connectivity index (χ4v) is 1.62. The Bertz CT molecular complexity index is 422. The second-order valence-electron chi connectivity index (χ2n) is 4.45. The van der Waals surface area contributed by atoms with Gasteiger partial charge in [-0.3, -0.25) is 4.79 Å². The van der Waals surface area contributed by atoms with Crippen molar-refractivity contribution >= 4 is 5.91 Å². The Morgan fingerprint density at radius 2 is 2.22 bits per heavy atom. The second-order valence-corrected chi connectivity index (χ2v) is 4.45. The number of nitrogens with one attached hydrogen (secondary N) is 1. The molecule has 5 heteroatoms. The van der Waals surface area contributed by atoms with Crippen molar-refractivity contribution in [3.05, 3.63) is 24.3 Å². The number of hydrogen-bond acceptors (Lipinski definition) is 4. The van der Waals surface area contributed by atoms with Gasteiger partial charge >= 0.3 is 0 Å². The highest BCUT2D eigenvalue weighted by Crippen LogP contribution is 2.30. The molecular formula is C13H18N2O3. The normalized spacial score (nSPS) is 19.1. The molecule has 1 heterocycles. The largest absolute Gasteiger partial charge is 0.485 e. The molecule has 0 aromatic heterocycles. The number of hydrogen-bond donors (Lipinski definition) is 2. The van der Waals surface area contributed by atoms with E-state index in [1.165, 1.54) is 0 Å². The number of ether oxygens (including phenoxy) is 2. The molecular weight excluding hydrogens is 232 g/mol. The van der Waals surface area contributed by atoms with Crippen molar-refractivity contribution in [1.29, 1.82) is 0 Å². The molecule has 0 saturated carbocycles. The molecule has 98 valence electrons. The van der Waals surface area contributed by atoms with Crippen molar-refractivity contribution in [2.45, 2.75) is 13.0 Å². The summed E-state index contributed by atoms with van der Waals surface area (Å²) in [5.41, 5.74) is 5.49. The van der Waals surface area contributed by atoms with E-state index in [1.807, 2.05) is 25.1 Å². The molecule has 2 atom stereocenters. The van der Waals surface area contributed by atoms with Crippen molar-refractivity contribution < 1.29 is 14.3 Å². The molecule has 1 aliphatic rings. The Morgan fingerprint density at radius 1 is 1.50 bits per heavy atom. The topological polar surface area (TPSA) is 73.6 Å². The van der Waals surface area contributed by atoms with E-state index in [1.54, 1.807) is 6.07 Å². The first-order valence-electron chi connectivity index (χ1n) is 6.07. The van der Waals surface area contributed by atoms with E-state index in [0.717, 1.165) is 0 Å². The van der Waals surface area contributed by atoms with Crippen LogP contribution in [-0.4, -0.2) is 31.7 Å². The van der Waals surface area contributed by atoms with Crippen LogP contribution in [0.25, 0.3) is 0 Å². The van der Waals surface area contributed by atoms with Crippen LogP contribution in [0.5, 0.6) is 11.5 Å². The number of amides is 1. The molecule has 1 aromatic carbocycles. The standard InChI is InChI=1S/C13H18N2O3/c1-9(6-14)7-15-13(16)12-8-17-10-4-2-3-5-11(10)18-12/h2-5,9,12H,6-8,14H2,1H3,(H,15,16). The molecule has 0 spiro atoms. The van der Waals surface area contributed by atoms with Gasteiger partial charge in [0.1, 0.15) is 6.61 Å². The molecule has 2 rings (SSSR count). The monoisotopic (exact) mass is 250 g/mol. The van der Waals surface area contributed by atoms with Crippen LogP contribution < -0.4 is 20.5 Å². The number of benzene rings is 1. The fraction of sp³-hybridized carbons (Fsp3) is 0.462. The van der Waals surface area contributed by atoms with Crippen molar-refractivity contribution in [3.8, 4) is 11.5 Å². The highest BCUT2D eigenvalue weighted by molar-refractivity contribution is 5.81. The predicted molar refractivity (Wildman–Crippen MR) is 67.6 cm³/mol. The van der Waals surface area contributed by atoms with Gasteiger partial charge in [-0.2, -0.15) is 0 Å². The van der Waals surface area contributed by atoms with Gasteiger partial charge in [-0.05, 0) is 24.6 Å². The van der Waals surface area contributed by atoms with E-state index in [2.05, 4.69) is 5.32 Å². The number of rotatable bonds is 4. The molecule has 2 unspecified atom stereocenters. The summed E-state index contributed by atoms with van der Waals surface area (Å²) >= 11 is 0. The number of fused-ring (bicyclic) bond motifs is 1. The molecule has 0 fully saturated rings. The summed E-state index contributed by atoms with van der Waals surface area (Å²) in [6.07, 6.45) is -0.593. The number of carbonyl (C=O) groups excluding carboxylic acids is 1. The van der Waals surface area contributed by atoms with Crippen molar-refractivity contribution in [1.82, 2.24) is 5.32 Å². The zero-order chi connectivity index (χ0) is 13.0. The first-order chi connectivity index (χ1) is 8.70. The lowest BCUT2D eigenvalue weighted by Gasteiger charge is -2.25. The summed E-state index contributed by atoms with van der Waals surface area (Å²) in [6, 6.07) is 7.32. The summed E-state index contributed by atoms with van der Waals surface area (Å²) in [5, 5.41) is 2.81. The lowest BCUT2D eigenvalue weighted by atomic mass is 10.2. The molecule has 1 aliphatic heterocycles. The van der Waals surface area contributed by atoms with Crippen LogP contribution in [-0.2, 0) is 4.79 Å². The Kier molecular flexibility index (Phi) is 4.04. The van der Waals surface area contributed by atoms with Gasteiger partial charge in [-0.25, -0.2) is 0 Å². The third-order valence-electron chi connectivity index (χ3n) is 2.83. The van der Waals surface area contributed by atoms with Crippen LogP contribution in [0.2, 0.25) is 0 Å². The number of nitrogens with two attached hydrogens (primary N) is 1. The SMILES string of the molecule is CC(CN)CNC(=O)C1COc2ccccc2O1. The summed E-state index contributed by atoms with van der Waals surface area (Å²) < 4.78 is 11.1. The van der Waals surface area contributed by atoms with E-state index in [4.69, 9.17) is 15.2 Å². The van der Waals surface area contributed by atoms with Crippen LogP contribution in [0.1, 0.15) is 6.92 Å². The molecule has 1 aromatic rings. The minimum absolute atomic E-state index is 0.162. The fourth-order valence-electron chi connectivity index (χ4n) is 1.62. The molecule has 0 saturated heterocycles. The summed E-state index contributed by atoms with van der Waals surface area (Å²) in [5.74, 6) is 1.38. The number of para-hydroxylation sites is 2.